The molecule has 4 heteroatoms. The van der Waals surface area contributed by atoms with Crippen LogP contribution in [-0.2, 0) is 0 Å². The summed E-state index contributed by atoms with van der Waals surface area (Å²) in [6.45, 7) is 3.49. The van der Waals surface area contributed by atoms with E-state index in [1.165, 1.54) is 25.9 Å². The van der Waals surface area contributed by atoms with Gasteiger partial charge in [-0.15, -0.1) is 0 Å². The van der Waals surface area contributed by atoms with E-state index in [-0.39, 0.29) is 6.61 Å². The van der Waals surface area contributed by atoms with Crippen LogP contribution in [0.3, 0.4) is 0 Å². The van der Waals surface area contributed by atoms with Crippen molar-refractivity contribution in [2.45, 2.75) is 12.8 Å². The number of likely N-dealkylation sites (tertiary alicyclic amines) is 1. The van der Waals surface area contributed by atoms with Crippen LogP contribution in [0.1, 0.15) is 12.8 Å². The highest BCUT2D eigenvalue weighted by molar-refractivity contribution is 5.48. The molecular formula is C15H21N3O. The number of hydrogen-bond donors (Lipinski definition) is 1. The summed E-state index contributed by atoms with van der Waals surface area (Å²) < 4.78 is 5.29. The second kappa shape index (κ2) is 7.01. The van der Waals surface area contributed by atoms with Gasteiger partial charge >= 0.3 is 0 Å². The summed E-state index contributed by atoms with van der Waals surface area (Å²) >= 11 is 0. The predicted octanol–water partition coefficient (Wildman–Crippen LogP) is 2.34. The predicted molar refractivity (Wildman–Crippen MR) is 76.3 cm³/mol. The van der Waals surface area contributed by atoms with Gasteiger partial charge in [0.15, 0.2) is 6.61 Å². The first-order chi connectivity index (χ1) is 9.28. The fraction of sp³-hybridized carbons (Fsp3) is 0.533. The van der Waals surface area contributed by atoms with Crippen LogP contribution in [0.4, 0.5) is 5.69 Å². The van der Waals surface area contributed by atoms with E-state index >= 15 is 0 Å². The first kappa shape index (κ1) is 13.7. The summed E-state index contributed by atoms with van der Waals surface area (Å²) in [7, 11) is 2.18. The molecule has 1 aliphatic rings. The molecule has 1 aliphatic heterocycles. The largest absolute Gasteiger partial charge is 0.479 e. The Morgan fingerprint density at radius 3 is 2.95 bits per heavy atom. The second-order valence-electron chi connectivity index (χ2n) is 5.10. The monoisotopic (exact) mass is 259 g/mol. The summed E-state index contributed by atoms with van der Waals surface area (Å²) in [5, 5.41) is 12.0. The Morgan fingerprint density at radius 1 is 1.42 bits per heavy atom. The number of nitrogens with zero attached hydrogens (tertiary/aromatic N) is 2. The van der Waals surface area contributed by atoms with Crippen molar-refractivity contribution in [3.63, 3.8) is 0 Å². The van der Waals surface area contributed by atoms with Crippen LogP contribution in [-0.4, -0.2) is 38.2 Å². The number of hydrogen-bond acceptors (Lipinski definition) is 4. The van der Waals surface area contributed by atoms with E-state index in [1.807, 2.05) is 30.3 Å². The molecule has 1 heterocycles. The molecule has 1 N–H and O–H groups in total. The lowest BCUT2D eigenvalue weighted by Gasteiger charge is -2.29. The van der Waals surface area contributed by atoms with Crippen LogP contribution in [0.15, 0.2) is 24.3 Å². The highest BCUT2D eigenvalue weighted by Crippen LogP contribution is 2.20. The van der Waals surface area contributed by atoms with Crippen LogP contribution in [0.25, 0.3) is 0 Å². The van der Waals surface area contributed by atoms with E-state index in [2.05, 4.69) is 17.3 Å². The molecule has 1 fully saturated rings. The van der Waals surface area contributed by atoms with Crippen LogP contribution >= 0.6 is 0 Å². The third kappa shape index (κ3) is 4.46. The quantitative estimate of drug-likeness (QED) is 0.881. The maximum atomic E-state index is 8.50. The number of piperidine rings is 1. The Morgan fingerprint density at radius 2 is 2.21 bits per heavy atom. The number of rotatable bonds is 5. The van der Waals surface area contributed by atoms with Gasteiger partial charge in [0, 0.05) is 18.3 Å². The van der Waals surface area contributed by atoms with Gasteiger partial charge in [-0.2, -0.15) is 5.26 Å². The number of benzene rings is 1. The maximum absolute atomic E-state index is 8.50. The van der Waals surface area contributed by atoms with Crippen LogP contribution in [0.5, 0.6) is 5.75 Å². The lowest BCUT2D eigenvalue weighted by atomic mass is 9.97. The third-order valence-electron chi connectivity index (χ3n) is 3.57. The first-order valence-electron chi connectivity index (χ1n) is 6.80. The molecule has 0 amide bonds. The van der Waals surface area contributed by atoms with Crippen molar-refractivity contribution in [3.05, 3.63) is 24.3 Å². The summed E-state index contributed by atoms with van der Waals surface area (Å²) in [6, 6.07) is 9.78. The SMILES string of the molecule is CN1CCC(CNc2cccc(OCC#N)c2)CC1. The van der Waals surface area contributed by atoms with Crippen molar-refractivity contribution in [2.24, 2.45) is 5.92 Å². The molecule has 0 radical (unpaired) electrons. The van der Waals surface area contributed by atoms with E-state index in [1.54, 1.807) is 0 Å². The van der Waals surface area contributed by atoms with Crippen molar-refractivity contribution >= 4 is 5.69 Å². The van der Waals surface area contributed by atoms with E-state index in [4.69, 9.17) is 10.00 Å². The average Bonchev–Trinajstić information content (AvgIpc) is 2.45. The van der Waals surface area contributed by atoms with Gasteiger partial charge in [0.05, 0.1) is 0 Å². The van der Waals surface area contributed by atoms with Gasteiger partial charge in [-0.25, -0.2) is 0 Å². The number of nitriles is 1. The van der Waals surface area contributed by atoms with Gasteiger partial charge in [-0.3, -0.25) is 0 Å². The minimum Gasteiger partial charge on any atom is -0.479 e. The van der Waals surface area contributed by atoms with Gasteiger partial charge in [0.25, 0.3) is 0 Å². The fourth-order valence-corrected chi connectivity index (χ4v) is 2.34. The highest BCUT2D eigenvalue weighted by atomic mass is 16.5. The van der Waals surface area contributed by atoms with Crippen molar-refractivity contribution in [2.75, 3.05) is 38.6 Å². The first-order valence-corrected chi connectivity index (χ1v) is 6.80. The molecule has 1 aromatic carbocycles. The van der Waals surface area contributed by atoms with E-state index in [9.17, 15) is 0 Å². The van der Waals surface area contributed by atoms with Crippen molar-refractivity contribution in [1.82, 2.24) is 4.90 Å². The van der Waals surface area contributed by atoms with Crippen molar-refractivity contribution < 1.29 is 4.74 Å². The Kier molecular flexibility index (Phi) is 5.05. The van der Waals surface area contributed by atoms with E-state index in [0.717, 1.165) is 23.9 Å². The van der Waals surface area contributed by atoms with Crippen molar-refractivity contribution in [3.8, 4) is 11.8 Å². The number of ether oxygens (including phenoxy) is 1. The molecule has 2 rings (SSSR count). The lowest BCUT2D eigenvalue weighted by molar-refractivity contribution is 0.226. The Labute approximate surface area is 115 Å². The zero-order chi connectivity index (χ0) is 13.5. The topological polar surface area (TPSA) is 48.3 Å². The van der Waals surface area contributed by atoms with Gasteiger partial charge in [0.1, 0.15) is 11.8 Å². The zero-order valence-electron chi connectivity index (χ0n) is 11.4. The molecular weight excluding hydrogens is 238 g/mol. The Hall–Kier alpha value is -1.73. The van der Waals surface area contributed by atoms with Gasteiger partial charge in [-0.05, 0) is 51.0 Å². The summed E-state index contributed by atoms with van der Waals surface area (Å²) in [4.78, 5) is 2.38. The third-order valence-corrected chi connectivity index (χ3v) is 3.57. The average molecular weight is 259 g/mol. The summed E-state index contributed by atoms with van der Waals surface area (Å²) in [6.07, 6.45) is 2.52. The van der Waals surface area contributed by atoms with Gasteiger partial charge < -0.3 is 15.0 Å². The molecule has 1 aromatic rings. The number of nitrogens with one attached hydrogen (secondary N) is 1. The Bertz CT molecular complexity index is 433. The molecule has 0 aliphatic carbocycles. The molecule has 0 spiro atoms. The van der Waals surface area contributed by atoms with Gasteiger partial charge in [-0.1, -0.05) is 6.07 Å². The summed E-state index contributed by atoms with van der Waals surface area (Å²) in [5.74, 6) is 1.50. The minimum absolute atomic E-state index is 0.0956. The van der Waals surface area contributed by atoms with Crippen LogP contribution in [0.2, 0.25) is 0 Å². The smallest absolute Gasteiger partial charge is 0.174 e. The number of anilines is 1. The molecule has 1 saturated heterocycles. The second-order valence-corrected chi connectivity index (χ2v) is 5.10. The molecule has 0 unspecified atom stereocenters. The zero-order valence-corrected chi connectivity index (χ0v) is 11.4. The van der Waals surface area contributed by atoms with Crippen LogP contribution in [0, 0.1) is 17.2 Å². The molecule has 4 nitrogen and oxygen atoms in total. The Balaban J connectivity index is 1.80. The van der Waals surface area contributed by atoms with Gasteiger partial charge in [0.2, 0.25) is 0 Å². The maximum Gasteiger partial charge on any atom is 0.174 e. The standard InChI is InChI=1S/C15H21N3O/c1-18-8-5-13(6-9-18)12-17-14-3-2-4-15(11-14)19-10-7-16/h2-4,11,13,17H,5-6,8-10,12H2,1H3. The molecule has 19 heavy (non-hydrogen) atoms. The van der Waals surface area contributed by atoms with E-state index in [0.29, 0.717) is 0 Å². The van der Waals surface area contributed by atoms with E-state index < -0.39 is 0 Å². The normalized spacial score (nSPS) is 16.8. The molecule has 0 saturated carbocycles. The lowest BCUT2D eigenvalue weighted by Crippen LogP contribution is -2.32. The molecule has 0 atom stereocenters. The van der Waals surface area contributed by atoms with Crippen LogP contribution < -0.4 is 10.1 Å². The fourth-order valence-electron chi connectivity index (χ4n) is 2.34. The van der Waals surface area contributed by atoms with Crippen molar-refractivity contribution in [1.29, 1.82) is 5.26 Å². The minimum atomic E-state index is 0.0956. The highest BCUT2D eigenvalue weighted by Gasteiger charge is 2.16. The molecule has 0 aromatic heterocycles. The molecule has 0 bridgehead atoms. The summed E-state index contributed by atoms with van der Waals surface area (Å²) in [5.41, 5.74) is 1.06. The molecule has 102 valence electrons.